The SMILES string of the molecule is COc1ccc(S(=O)(=O)N[C@H](Cc2ccccc2)C(=O)OC(C)(C)C)cc1. The van der Waals surface area contributed by atoms with E-state index in [2.05, 4.69) is 4.72 Å². The van der Waals surface area contributed by atoms with Crippen molar-refractivity contribution in [2.75, 3.05) is 7.11 Å². The van der Waals surface area contributed by atoms with Crippen LogP contribution in [0.25, 0.3) is 0 Å². The van der Waals surface area contributed by atoms with Gasteiger partial charge in [0.05, 0.1) is 12.0 Å². The van der Waals surface area contributed by atoms with Gasteiger partial charge in [-0.3, -0.25) is 4.79 Å². The molecule has 7 heteroatoms. The van der Waals surface area contributed by atoms with Gasteiger partial charge in [0, 0.05) is 0 Å². The maximum Gasteiger partial charge on any atom is 0.325 e. The zero-order valence-electron chi connectivity index (χ0n) is 15.9. The van der Waals surface area contributed by atoms with E-state index in [4.69, 9.17) is 9.47 Å². The first-order valence-corrected chi connectivity index (χ1v) is 10.0. The summed E-state index contributed by atoms with van der Waals surface area (Å²) in [5, 5.41) is 0. The number of sulfonamides is 1. The predicted molar refractivity (Wildman–Crippen MR) is 103 cm³/mol. The number of hydrogen-bond acceptors (Lipinski definition) is 5. The highest BCUT2D eigenvalue weighted by atomic mass is 32.2. The Morgan fingerprint density at radius 2 is 1.63 bits per heavy atom. The molecule has 0 saturated heterocycles. The lowest BCUT2D eigenvalue weighted by atomic mass is 10.1. The quantitative estimate of drug-likeness (QED) is 0.734. The molecule has 0 heterocycles. The Kier molecular flexibility index (Phi) is 6.62. The molecule has 0 amide bonds. The average molecular weight is 391 g/mol. The molecule has 146 valence electrons. The molecule has 0 aliphatic heterocycles. The van der Waals surface area contributed by atoms with Crippen molar-refractivity contribution in [3.8, 4) is 5.75 Å². The lowest BCUT2D eigenvalue weighted by Crippen LogP contribution is -2.45. The molecule has 0 aliphatic rings. The Balaban J connectivity index is 2.27. The molecule has 0 aromatic heterocycles. The maximum atomic E-state index is 12.7. The lowest BCUT2D eigenvalue weighted by molar-refractivity contribution is -0.156. The lowest BCUT2D eigenvalue weighted by Gasteiger charge is -2.24. The van der Waals surface area contributed by atoms with Crippen LogP contribution in [0.15, 0.2) is 59.5 Å². The topological polar surface area (TPSA) is 81.7 Å². The number of esters is 1. The summed E-state index contributed by atoms with van der Waals surface area (Å²) >= 11 is 0. The van der Waals surface area contributed by atoms with Gasteiger partial charge in [0.15, 0.2) is 0 Å². The van der Waals surface area contributed by atoms with Crippen LogP contribution in [0.3, 0.4) is 0 Å². The first kappa shape index (κ1) is 20.9. The summed E-state index contributed by atoms with van der Waals surface area (Å²) in [7, 11) is -2.41. The fourth-order valence-electron chi connectivity index (χ4n) is 2.41. The standard InChI is InChI=1S/C20H25NO5S/c1-20(2,3)26-19(22)18(14-15-8-6-5-7-9-15)21-27(23,24)17-12-10-16(25-4)11-13-17/h5-13,18,21H,14H2,1-4H3/t18-/m1/s1. The van der Waals surface area contributed by atoms with E-state index >= 15 is 0 Å². The number of hydrogen-bond donors (Lipinski definition) is 1. The summed E-state index contributed by atoms with van der Waals surface area (Å²) < 4.78 is 38.4. The molecule has 1 N–H and O–H groups in total. The minimum Gasteiger partial charge on any atom is -0.497 e. The number of ether oxygens (including phenoxy) is 2. The van der Waals surface area contributed by atoms with Crippen LogP contribution < -0.4 is 9.46 Å². The third-order valence-electron chi connectivity index (χ3n) is 3.64. The van der Waals surface area contributed by atoms with Crippen LogP contribution in [0.4, 0.5) is 0 Å². The van der Waals surface area contributed by atoms with E-state index in [0.29, 0.717) is 5.75 Å². The molecule has 0 saturated carbocycles. The van der Waals surface area contributed by atoms with Crippen molar-refractivity contribution >= 4 is 16.0 Å². The van der Waals surface area contributed by atoms with Crippen LogP contribution in [0.5, 0.6) is 5.75 Å². The Bertz CT molecular complexity index is 855. The van der Waals surface area contributed by atoms with Crippen molar-refractivity contribution < 1.29 is 22.7 Å². The molecule has 1 atom stereocenters. The average Bonchev–Trinajstić information content (AvgIpc) is 2.60. The Morgan fingerprint density at radius 1 is 1.04 bits per heavy atom. The van der Waals surface area contributed by atoms with Gasteiger partial charge in [0.1, 0.15) is 17.4 Å². The second kappa shape index (κ2) is 8.54. The molecule has 0 spiro atoms. The summed E-state index contributed by atoms with van der Waals surface area (Å²) in [5.41, 5.74) is 0.100. The number of nitrogens with one attached hydrogen (secondary N) is 1. The molecule has 0 fully saturated rings. The molecular weight excluding hydrogens is 366 g/mol. The molecule has 0 unspecified atom stereocenters. The molecular formula is C20H25NO5S. The van der Waals surface area contributed by atoms with Gasteiger partial charge in [0.2, 0.25) is 10.0 Å². The van der Waals surface area contributed by atoms with Gasteiger partial charge in [-0.15, -0.1) is 0 Å². The van der Waals surface area contributed by atoms with Crippen molar-refractivity contribution in [1.82, 2.24) is 4.72 Å². The van der Waals surface area contributed by atoms with Crippen LogP contribution >= 0.6 is 0 Å². The smallest absolute Gasteiger partial charge is 0.325 e. The molecule has 2 rings (SSSR count). The number of benzene rings is 2. The molecule has 0 aliphatic carbocycles. The number of carbonyl (C=O) groups is 1. The minimum atomic E-state index is -3.91. The van der Waals surface area contributed by atoms with E-state index in [1.54, 1.807) is 32.9 Å². The normalized spacial score (nSPS) is 13.0. The van der Waals surface area contributed by atoms with Crippen molar-refractivity contribution in [1.29, 1.82) is 0 Å². The fraction of sp³-hybridized carbons (Fsp3) is 0.350. The van der Waals surface area contributed by atoms with Gasteiger partial charge in [0.25, 0.3) is 0 Å². The summed E-state index contributed by atoms with van der Waals surface area (Å²) in [5.74, 6) is -0.0784. The molecule has 27 heavy (non-hydrogen) atoms. The zero-order valence-corrected chi connectivity index (χ0v) is 16.7. The van der Waals surface area contributed by atoms with E-state index in [1.807, 2.05) is 30.3 Å². The summed E-state index contributed by atoms with van der Waals surface area (Å²) in [6.07, 6.45) is 0.186. The molecule has 2 aromatic rings. The third kappa shape index (κ3) is 6.37. The first-order chi connectivity index (χ1) is 12.6. The summed E-state index contributed by atoms with van der Waals surface area (Å²) in [6, 6.07) is 14.1. The Hall–Kier alpha value is -2.38. The number of methoxy groups -OCH3 is 1. The third-order valence-corrected chi connectivity index (χ3v) is 5.13. The highest BCUT2D eigenvalue weighted by molar-refractivity contribution is 7.89. The van der Waals surface area contributed by atoms with Gasteiger partial charge < -0.3 is 9.47 Å². The highest BCUT2D eigenvalue weighted by Crippen LogP contribution is 2.18. The van der Waals surface area contributed by atoms with Gasteiger partial charge >= 0.3 is 5.97 Å². The van der Waals surface area contributed by atoms with Gasteiger partial charge in [-0.1, -0.05) is 30.3 Å². The van der Waals surface area contributed by atoms with Crippen molar-refractivity contribution in [3.05, 3.63) is 60.2 Å². The van der Waals surface area contributed by atoms with Gasteiger partial charge in [-0.25, -0.2) is 8.42 Å². The van der Waals surface area contributed by atoms with Crippen molar-refractivity contribution in [2.24, 2.45) is 0 Å². The second-order valence-electron chi connectivity index (χ2n) is 7.07. The molecule has 6 nitrogen and oxygen atoms in total. The van der Waals surface area contributed by atoms with Crippen LogP contribution in [-0.2, 0) is 26.0 Å². The highest BCUT2D eigenvalue weighted by Gasteiger charge is 2.30. The van der Waals surface area contributed by atoms with Crippen LogP contribution in [0.1, 0.15) is 26.3 Å². The van der Waals surface area contributed by atoms with Crippen molar-refractivity contribution in [3.63, 3.8) is 0 Å². The van der Waals surface area contributed by atoms with Crippen LogP contribution in [0, 0.1) is 0 Å². The van der Waals surface area contributed by atoms with E-state index in [1.165, 1.54) is 19.2 Å². The fourth-order valence-corrected chi connectivity index (χ4v) is 3.59. The molecule has 2 aromatic carbocycles. The summed E-state index contributed by atoms with van der Waals surface area (Å²) in [6.45, 7) is 5.22. The zero-order chi connectivity index (χ0) is 20.1. The Labute approximate surface area is 160 Å². The van der Waals surface area contributed by atoms with E-state index in [0.717, 1.165) is 5.56 Å². The number of carbonyl (C=O) groups excluding carboxylic acids is 1. The summed E-state index contributed by atoms with van der Waals surface area (Å²) in [4.78, 5) is 12.6. The van der Waals surface area contributed by atoms with E-state index in [9.17, 15) is 13.2 Å². The molecule has 0 bridgehead atoms. The second-order valence-corrected chi connectivity index (χ2v) is 8.79. The van der Waals surface area contributed by atoms with Gasteiger partial charge in [-0.05, 0) is 57.0 Å². The first-order valence-electron chi connectivity index (χ1n) is 8.54. The minimum absolute atomic E-state index is 0.0462. The monoisotopic (exact) mass is 391 g/mol. The largest absolute Gasteiger partial charge is 0.497 e. The maximum absolute atomic E-state index is 12.7. The number of rotatable bonds is 7. The molecule has 0 radical (unpaired) electrons. The van der Waals surface area contributed by atoms with Crippen molar-refractivity contribution in [2.45, 2.75) is 43.7 Å². The van der Waals surface area contributed by atoms with Crippen LogP contribution in [-0.4, -0.2) is 33.1 Å². The Morgan fingerprint density at radius 3 is 2.15 bits per heavy atom. The van der Waals surface area contributed by atoms with E-state index < -0.39 is 27.6 Å². The van der Waals surface area contributed by atoms with Crippen LogP contribution in [0.2, 0.25) is 0 Å². The van der Waals surface area contributed by atoms with E-state index in [-0.39, 0.29) is 11.3 Å². The van der Waals surface area contributed by atoms with Gasteiger partial charge in [-0.2, -0.15) is 4.72 Å². The predicted octanol–water partition coefficient (Wildman–Crippen LogP) is 2.93.